The van der Waals surface area contributed by atoms with Crippen LogP contribution in [0.25, 0.3) is 0 Å². The van der Waals surface area contributed by atoms with Crippen LogP contribution in [0.5, 0.6) is 5.75 Å². The molecule has 2 aliphatic rings. The van der Waals surface area contributed by atoms with E-state index in [-0.39, 0.29) is 5.79 Å². The standard InChI is InChI=1S/C20H26N4O3/c1-15-13-18(24-9-7-20(8-10-24)26-11-12-27-20)23-19(22-15)21-14-16-5-3-4-6-17(16)25-2/h3-6,13H,7-12,14H2,1-2H3,(H,21,22,23). The van der Waals surface area contributed by atoms with Crippen molar-refractivity contribution < 1.29 is 14.2 Å². The monoisotopic (exact) mass is 370 g/mol. The highest BCUT2D eigenvalue weighted by Crippen LogP contribution is 2.33. The molecule has 1 N–H and O–H groups in total. The topological polar surface area (TPSA) is 68.7 Å². The summed E-state index contributed by atoms with van der Waals surface area (Å²) in [5.74, 6) is 2.06. The van der Waals surface area contributed by atoms with Crippen molar-refractivity contribution in [2.24, 2.45) is 0 Å². The molecule has 0 atom stereocenters. The summed E-state index contributed by atoms with van der Waals surface area (Å²) in [7, 11) is 1.68. The van der Waals surface area contributed by atoms with Crippen LogP contribution in [0.1, 0.15) is 24.1 Å². The van der Waals surface area contributed by atoms with Crippen molar-refractivity contribution in [2.45, 2.75) is 32.1 Å². The number of anilines is 2. The lowest BCUT2D eigenvalue weighted by Gasteiger charge is -2.38. The Labute approximate surface area is 159 Å². The Morgan fingerprint density at radius 3 is 2.63 bits per heavy atom. The van der Waals surface area contributed by atoms with Gasteiger partial charge in [0.05, 0.1) is 20.3 Å². The van der Waals surface area contributed by atoms with Crippen LogP contribution in [0.3, 0.4) is 0 Å². The number of benzene rings is 1. The summed E-state index contributed by atoms with van der Waals surface area (Å²) in [4.78, 5) is 11.5. The largest absolute Gasteiger partial charge is 0.496 e. The highest BCUT2D eigenvalue weighted by molar-refractivity contribution is 5.46. The molecule has 0 bridgehead atoms. The van der Waals surface area contributed by atoms with E-state index in [1.807, 2.05) is 37.3 Å². The molecule has 2 aliphatic heterocycles. The van der Waals surface area contributed by atoms with Gasteiger partial charge in [0.1, 0.15) is 11.6 Å². The van der Waals surface area contributed by atoms with Gasteiger partial charge in [-0.2, -0.15) is 4.98 Å². The van der Waals surface area contributed by atoms with Gasteiger partial charge in [-0.3, -0.25) is 0 Å². The molecule has 27 heavy (non-hydrogen) atoms. The van der Waals surface area contributed by atoms with E-state index in [4.69, 9.17) is 19.2 Å². The molecule has 4 rings (SSSR count). The second-order valence-electron chi connectivity index (χ2n) is 6.95. The van der Waals surface area contributed by atoms with Gasteiger partial charge in [0.2, 0.25) is 5.95 Å². The van der Waals surface area contributed by atoms with Crippen molar-refractivity contribution in [2.75, 3.05) is 43.6 Å². The average molecular weight is 370 g/mol. The zero-order chi connectivity index (χ0) is 18.7. The number of aryl methyl sites for hydroxylation is 1. The first kappa shape index (κ1) is 18.0. The SMILES string of the molecule is COc1ccccc1CNc1nc(C)cc(N2CCC3(CC2)OCCO3)n1. The maximum atomic E-state index is 5.82. The van der Waals surface area contributed by atoms with Crippen LogP contribution in [0.2, 0.25) is 0 Å². The third kappa shape index (κ3) is 3.99. The first-order valence-corrected chi connectivity index (χ1v) is 9.42. The van der Waals surface area contributed by atoms with Gasteiger partial charge in [-0.1, -0.05) is 18.2 Å². The maximum Gasteiger partial charge on any atom is 0.225 e. The number of methoxy groups -OCH3 is 1. The van der Waals surface area contributed by atoms with Gasteiger partial charge in [-0.15, -0.1) is 0 Å². The number of hydrogen-bond acceptors (Lipinski definition) is 7. The molecule has 0 amide bonds. The van der Waals surface area contributed by atoms with Crippen molar-refractivity contribution in [1.82, 2.24) is 9.97 Å². The van der Waals surface area contributed by atoms with E-state index < -0.39 is 0 Å². The predicted octanol–water partition coefficient (Wildman–Crippen LogP) is 2.75. The fourth-order valence-corrected chi connectivity index (χ4v) is 3.68. The Morgan fingerprint density at radius 2 is 1.89 bits per heavy atom. The van der Waals surface area contributed by atoms with Crippen LogP contribution in [0.4, 0.5) is 11.8 Å². The summed E-state index contributed by atoms with van der Waals surface area (Å²) >= 11 is 0. The molecule has 7 heteroatoms. The number of rotatable bonds is 5. The van der Waals surface area contributed by atoms with E-state index in [1.54, 1.807) is 7.11 Å². The summed E-state index contributed by atoms with van der Waals surface area (Å²) in [6.07, 6.45) is 1.72. The highest BCUT2D eigenvalue weighted by Gasteiger charge is 2.40. The molecule has 7 nitrogen and oxygen atoms in total. The Balaban J connectivity index is 1.44. The number of nitrogens with zero attached hydrogens (tertiary/aromatic N) is 3. The van der Waals surface area contributed by atoms with Crippen LogP contribution >= 0.6 is 0 Å². The molecule has 144 valence electrons. The molecule has 2 aromatic rings. The summed E-state index contributed by atoms with van der Waals surface area (Å²) < 4.78 is 17.0. The lowest BCUT2D eigenvalue weighted by molar-refractivity contribution is -0.169. The number of aromatic nitrogens is 2. The number of piperidine rings is 1. The molecule has 0 aliphatic carbocycles. The zero-order valence-corrected chi connectivity index (χ0v) is 15.9. The first-order valence-electron chi connectivity index (χ1n) is 9.42. The minimum Gasteiger partial charge on any atom is -0.496 e. The van der Waals surface area contributed by atoms with Gasteiger partial charge < -0.3 is 24.4 Å². The van der Waals surface area contributed by atoms with E-state index >= 15 is 0 Å². The molecule has 3 heterocycles. The molecular formula is C20H26N4O3. The fraction of sp³-hybridized carbons (Fsp3) is 0.500. The summed E-state index contributed by atoms with van der Waals surface area (Å²) in [6.45, 7) is 5.73. The van der Waals surface area contributed by atoms with E-state index in [2.05, 4.69) is 15.2 Å². The highest BCUT2D eigenvalue weighted by atomic mass is 16.7. The second kappa shape index (κ2) is 7.70. The van der Waals surface area contributed by atoms with Crippen LogP contribution in [0.15, 0.2) is 30.3 Å². The van der Waals surface area contributed by atoms with Crippen molar-refractivity contribution in [3.63, 3.8) is 0 Å². The molecule has 1 aromatic heterocycles. The number of para-hydroxylation sites is 1. The molecular weight excluding hydrogens is 344 g/mol. The number of hydrogen-bond donors (Lipinski definition) is 1. The molecule has 1 spiro atoms. The molecule has 2 fully saturated rings. The third-order valence-electron chi connectivity index (χ3n) is 5.13. The Kier molecular flexibility index (Phi) is 5.13. The van der Waals surface area contributed by atoms with E-state index in [0.717, 1.165) is 48.8 Å². The first-order chi connectivity index (χ1) is 13.2. The lowest BCUT2D eigenvalue weighted by atomic mass is 10.0. The summed E-state index contributed by atoms with van der Waals surface area (Å²) in [5.41, 5.74) is 2.01. The molecule has 0 radical (unpaired) electrons. The molecule has 2 saturated heterocycles. The third-order valence-corrected chi connectivity index (χ3v) is 5.13. The molecule has 0 unspecified atom stereocenters. The summed E-state index contributed by atoms with van der Waals surface area (Å²) in [5, 5.41) is 3.33. The van der Waals surface area contributed by atoms with Crippen molar-refractivity contribution in [3.8, 4) is 5.75 Å². The lowest BCUT2D eigenvalue weighted by Crippen LogP contribution is -2.45. The van der Waals surface area contributed by atoms with E-state index in [9.17, 15) is 0 Å². The van der Waals surface area contributed by atoms with Gasteiger partial charge in [-0.05, 0) is 13.0 Å². The molecule has 1 aromatic carbocycles. The zero-order valence-electron chi connectivity index (χ0n) is 15.9. The second-order valence-corrected chi connectivity index (χ2v) is 6.95. The normalized spacial score (nSPS) is 18.7. The Morgan fingerprint density at radius 1 is 1.15 bits per heavy atom. The Hall–Kier alpha value is -2.38. The summed E-state index contributed by atoms with van der Waals surface area (Å²) in [6, 6.07) is 9.98. The minimum absolute atomic E-state index is 0.372. The molecule has 0 saturated carbocycles. The van der Waals surface area contributed by atoms with Crippen LogP contribution < -0.4 is 15.0 Å². The number of nitrogens with one attached hydrogen (secondary N) is 1. The van der Waals surface area contributed by atoms with E-state index in [0.29, 0.717) is 25.7 Å². The van der Waals surface area contributed by atoms with Gasteiger partial charge in [0.25, 0.3) is 0 Å². The van der Waals surface area contributed by atoms with Crippen LogP contribution in [0, 0.1) is 6.92 Å². The van der Waals surface area contributed by atoms with Gasteiger partial charge in [0.15, 0.2) is 5.79 Å². The van der Waals surface area contributed by atoms with Gasteiger partial charge in [0, 0.05) is 49.8 Å². The Bertz CT molecular complexity index is 783. The van der Waals surface area contributed by atoms with Crippen molar-refractivity contribution in [1.29, 1.82) is 0 Å². The van der Waals surface area contributed by atoms with Gasteiger partial charge in [-0.25, -0.2) is 4.98 Å². The van der Waals surface area contributed by atoms with Crippen LogP contribution in [-0.4, -0.2) is 49.2 Å². The van der Waals surface area contributed by atoms with Gasteiger partial charge >= 0.3 is 0 Å². The smallest absolute Gasteiger partial charge is 0.225 e. The minimum atomic E-state index is -0.372. The average Bonchev–Trinajstić information content (AvgIpc) is 3.14. The fourth-order valence-electron chi connectivity index (χ4n) is 3.68. The quantitative estimate of drug-likeness (QED) is 0.868. The maximum absolute atomic E-state index is 5.82. The van der Waals surface area contributed by atoms with Crippen molar-refractivity contribution in [3.05, 3.63) is 41.6 Å². The van der Waals surface area contributed by atoms with E-state index in [1.165, 1.54) is 0 Å². The number of ether oxygens (including phenoxy) is 3. The van der Waals surface area contributed by atoms with Crippen LogP contribution in [-0.2, 0) is 16.0 Å². The predicted molar refractivity (Wildman–Crippen MR) is 103 cm³/mol. The van der Waals surface area contributed by atoms with Crippen molar-refractivity contribution >= 4 is 11.8 Å².